The van der Waals surface area contributed by atoms with E-state index in [9.17, 15) is 13.2 Å². The summed E-state index contributed by atoms with van der Waals surface area (Å²) in [7, 11) is 0. The van der Waals surface area contributed by atoms with E-state index in [-0.39, 0.29) is 12.0 Å². The fourth-order valence-corrected chi connectivity index (χ4v) is 2.75. The number of hydrogen-bond donors (Lipinski definition) is 0. The van der Waals surface area contributed by atoms with Crippen molar-refractivity contribution in [2.75, 3.05) is 0 Å². The first kappa shape index (κ1) is 14.4. The standard InChI is InChI=1S/C14H9BrClF3/c15-12-4-3-9(17)6-11(12)13(16)5-8-1-2-10(18)7-14(8)19/h1-4,6-7,13H,5H2. The van der Waals surface area contributed by atoms with Gasteiger partial charge in [0.25, 0.3) is 0 Å². The second-order valence-corrected chi connectivity index (χ2v) is 5.45. The van der Waals surface area contributed by atoms with Gasteiger partial charge < -0.3 is 0 Å². The highest BCUT2D eigenvalue weighted by molar-refractivity contribution is 9.10. The molecule has 2 rings (SSSR count). The molecule has 1 unspecified atom stereocenters. The topological polar surface area (TPSA) is 0 Å². The van der Waals surface area contributed by atoms with Crippen molar-refractivity contribution in [3.05, 3.63) is 69.4 Å². The van der Waals surface area contributed by atoms with Gasteiger partial charge in [-0.2, -0.15) is 0 Å². The van der Waals surface area contributed by atoms with E-state index in [2.05, 4.69) is 15.9 Å². The second-order valence-electron chi connectivity index (χ2n) is 4.07. The Morgan fingerprint density at radius 2 is 1.63 bits per heavy atom. The monoisotopic (exact) mass is 348 g/mol. The molecule has 19 heavy (non-hydrogen) atoms. The van der Waals surface area contributed by atoms with Crippen LogP contribution < -0.4 is 0 Å². The van der Waals surface area contributed by atoms with Crippen LogP contribution in [-0.2, 0) is 6.42 Å². The third-order valence-corrected chi connectivity index (χ3v) is 3.82. The van der Waals surface area contributed by atoms with Crippen molar-refractivity contribution in [1.29, 1.82) is 0 Å². The summed E-state index contributed by atoms with van der Waals surface area (Å²) in [6.07, 6.45) is 0.149. The number of hydrogen-bond acceptors (Lipinski definition) is 0. The molecule has 1 atom stereocenters. The lowest BCUT2D eigenvalue weighted by Crippen LogP contribution is -2.00. The molecule has 0 saturated heterocycles. The van der Waals surface area contributed by atoms with E-state index in [1.54, 1.807) is 6.07 Å². The van der Waals surface area contributed by atoms with Gasteiger partial charge in [0.05, 0.1) is 5.38 Å². The molecular weight excluding hydrogens is 341 g/mol. The van der Waals surface area contributed by atoms with E-state index >= 15 is 0 Å². The highest BCUT2D eigenvalue weighted by Gasteiger charge is 2.15. The lowest BCUT2D eigenvalue weighted by molar-refractivity contribution is 0.570. The number of alkyl halides is 1. The van der Waals surface area contributed by atoms with Crippen molar-refractivity contribution >= 4 is 27.5 Å². The molecule has 0 aliphatic heterocycles. The first-order chi connectivity index (χ1) is 8.97. The molecule has 0 aromatic heterocycles. The van der Waals surface area contributed by atoms with Crippen LogP contribution >= 0.6 is 27.5 Å². The summed E-state index contributed by atoms with van der Waals surface area (Å²) >= 11 is 9.44. The highest BCUT2D eigenvalue weighted by atomic mass is 79.9. The Morgan fingerprint density at radius 3 is 2.32 bits per heavy atom. The minimum Gasteiger partial charge on any atom is -0.207 e. The molecule has 0 radical (unpaired) electrons. The van der Waals surface area contributed by atoms with E-state index in [0.29, 0.717) is 10.0 Å². The van der Waals surface area contributed by atoms with Gasteiger partial charge >= 0.3 is 0 Å². The summed E-state index contributed by atoms with van der Waals surface area (Å²) in [5.41, 5.74) is 0.822. The molecular formula is C14H9BrClF3. The molecule has 0 amide bonds. The Kier molecular flexibility index (Phi) is 4.53. The number of rotatable bonds is 3. The maximum Gasteiger partial charge on any atom is 0.129 e. The van der Waals surface area contributed by atoms with Gasteiger partial charge in [0, 0.05) is 10.5 Å². The zero-order valence-corrected chi connectivity index (χ0v) is 12.0. The van der Waals surface area contributed by atoms with Crippen LogP contribution in [0.3, 0.4) is 0 Å². The first-order valence-corrected chi connectivity index (χ1v) is 6.73. The molecule has 0 aliphatic rings. The molecule has 0 heterocycles. The van der Waals surface area contributed by atoms with Gasteiger partial charge in [0.2, 0.25) is 0 Å². The summed E-state index contributed by atoms with van der Waals surface area (Å²) in [5, 5.41) is -0.606. The summed E-state index contributed by atoms with van der Waals surface area (Å²) in [5.74, 6) is -1.71. The molecule has 100 valence electrons. The Morgan fingerprint density at radius 1 is 1.00 bits per heavy atom. The molecule has 2 aromatic carbocycles. The predicted octanol–water partition coefficient (Wildman–Crippen LogP) is 5.39. The maximum absolute atomic E-state index is 13.5. The lowest BCUT2D eigenvalue weighted by atomic mass is 10.0. The van der Waals surface area contributed by atoms with Gasteiger partial charge in [-0.15, -0.1) is 11.6 Å². The van der Waals surface area contributed by atoms with Crippen molar-refractivity contribution < 1.29 is 13.2 Å². The van der Waals surface area contributed by atoms with Gasteiger partial charge in [-0.05, 0) is 41.8 Å². The fraction of sp³-hybridized carbons (Fsp3) is 0.143. The minimum atomic E-state index is -0.654. The largest absolute Gasteiger partial charge is 0.207 e. The van der Waals surface area contributed by atoms with Gasteiger partial charge in [0.15, 0.2) is 0 Å². The molecule has 5 heteroatoms. The second kappa shape index (κ2) is 5.97. The van der Waals surface area contributed by atoms with E-state index in [1.165, 1.54) is 24.3 Å². The van der Waals surface area contributed by atoms with Crippen LogP contribution in [0.25, 0.3) is 0 Å². The van der Waals surface area contributed by atoms with Crippen LogP contribution in [-0.4, -0.2) is 0 Å². The van der Waals surface area contributed by atoms with Crippen molar-refractivity contribution in [2.45, 2.75) is 11.8 Å². The van der Waals surface area contributed by atoms with Gasteiger partial charge in [-0.25, -0.2) is 13.2 Å². The fourth-order valence-electron chi connectivity index (χ4n) is 1.74. The van der Waals surface area contributed by atoms with Crippen molar-refractivity contribution in [1.82, 2.24) is 0 Å². The average molecular weight is 350 g/mol. The Hall–Kier alpha value is -1.000. The van der Waals surface area contributed by atoms with E-state index in [1.807, 2.05) is 0 Å². The maximum atomic E-state index is 13.5. The minimum absolute atomic E-state index is 0.149. The SMILES string of the molecule is Fc1ccc(CC(Cl)c2cc(F)ccc2Br)c(F)c1. The molecule has 0 bridgehead atoms. The van der Waals surface area contributed by atoms with E-state index in [4.69, 9.17) is 11.6 Å². The van der Waals surface area contributed by atoms with Crippen LogP contribution in [0.4, 0.5) is 13.2 Å². The van der Waals surface area contributed by atoms with E-state index in [0.717, 1.165) is 6.07 Å². The van der Waals surface area contributed by atoms with Crippen molar-refractivity contribution in [3.63, 3.8) is 0 Å². The number of benzene rings is 2. The summed E-state index contributed by atoms with van der Waals surface area (Å²) < 4.78 is 40.1. The van der Waals surface area contributed by atoms with Crippen LogP contribution in [0.2, 0.25) is 0 Å². The molecule has 0 saturated carbocycles. The Bertz CT molecular complexity index is 601. The van der Waals surface area contributed by atoms with Gasteiger partial charge in [-0.1, -0.05) is 22.0 Å². The molecule has 2 aromatic rings. The third kappa shape index (κ3) is 3.51. The van der Waals surface area contributed by atoms with Crippen LogP contribution in [0, 0.1) is 17.5 Å². The zero-order valence-electron chi connectivity index (χ0n) is 9.64. The van der Waals surface area contributed by atoms with E-state index < -0.39 is 22.8 Å². The zero-order chi connectivity index (χ0) is 14.0. The Labute approximate surface area is 122 Å². The van der Waals surface area contributed by atoms with Crippen molar-refractivity contribution in [3.8, 4) is 0 Å². The normalized spacial score (nSPS) is 12.5. The quantitative estimate of drug-likeness (QED) is 0.652. The van der Waals surface area contributed by atoms with Crippen LogP contribution in [0.1, 0.15) is 16.5 Å². The van der Waals surface area contributed by atoms with Crippen LogP contribution in [0.15, 0.2) is 40.9 Å². The summed E-state index contributed by atoms with van der Waals surface area (Å²) in [4.78, 5) is 0. The number of halogens is 5. The summed E-state index contributed by atoms with van der Waals surface area (Å²) in [6, 6.07) is 7.45. The van der Waals surface area contributed by atoms with Gasteiger partial charge in [0.1, 0.15) is 17.5 Å². The molecule has 0 aliphatic carbocycles. The lowest BCUT2D eigenvalue weighted by Gasteiger charge is -2.12. The smallest absolute Gasteiger partial charge is 0.129 e. The molecule has 0 spiro atoms. The summed E-state index contributed by atoms with van der Waals surface area (Å²) in [6.45, 7) is 0. The molecule has 0 N–H and O–H groups in total. The average Bonchev–Trinajstić information content (AvgIpc) is 2.35. The van der Waals surface area contributed by atoms with Gasteiger partial charge in [-0.3, -0.25) is 0 Å². The first-order valence-electron chi connectivity index (χ1n) is 5.50. The Balaban J connectivity index is 2.25. The van der Waals surface area contributed by atoms with Crippen molar-refractivity contribution in [2.24, 2.45) is 0 Å². The van der Waals surface area contributed by atoms with Crippen LogP contribution in [0.5, 0.6) is 0 Å². The molecule has 0 nitrogen and oxygen atoms in total. The predicted molar refractivity (Wildman–Crippen MR) is 72.8 cm³/mol. The molecule has 0 fully saturated rings. The highest BCUT2D eigenvalue weighted by Crippen LogP contribution is 2.32. The third-order valence-electron chi connectivity index (χ3n) is 2.71.